The van der Waals surface area contributed by atoms with Crippen molar-refractivity contribution in [1.29, 1.82) is 0 Å². The standard InChI is InChI=1S/C20H18F2N6S/c21-14-2-1-12(11-15(14)22)17-18(28-9-10-29-20(28)27-17)16-5-8-24-19(26-16)25-13-3-6-23-7-4-13/h1-2,5,8-11,13,23H,3-4,6-7H2,(H,24,25,26). The number of hydrogen-bond acceptors (Lipinski definition) is 6. The van der Waals surface area contributed by atoms with Crippen molar-refractivity contribution in [2.75, 3.05) is 18.4 Å². The zero-order valence-corrected chi connectivity index (χ0v) is 16.2. The van der Waals surface area contributed by atoms with E-state index in [0.717, 1.165) is 42.7 Å². The van der Waals surface area contributed by atoms with E-state index in [4.69, 9.17) is 4.98 Å². The molecular formula is C20H18F2N6S. The normalized spacial score (nSPS) is 15.1. The Hall–Kier alpha value is -2.91. The number of fused-ring (bicyclic) bond motifs is 1. The Labute approximate surface area is 169 Å². The first kappa shape index (κ1) is 18.1. The lowest BCUT2D eigenvalue weighted by Gasteiger charge is -2.23. The molecule has 1 aliphatic rings. The van der Waals surface area contributed by atoms with Gasteiger partial charge in [-0.3, -0.25) is 4.40 Å². The van der Waals surface area contributed by atoms with Crippen molar-refractivity contribution < 1.29 is 8.78 Å². The van der Waals surface area contributed by atoms with Gasteiger partial charge in [-0.1, -0.05) is 0 Å². The van der Waals surface area contributed by atoms with Crippen LogP contribution in [0.2, 0.25) is 0 Å². The number of benzene rings is 1. The molecule has 29 heavy (non-hydrogen) atoms. The van der Waals surface area contributed by atoms with Crippen molar-refractivity contribution in [2.24, 2.45) is 0 Å². The molecule has 1 saturated heterocycles. The van der Waals surface area contributed by atoms with Crippen LogP contribution in [-0.2, 0) is 0 Å². The van der Waals surface area contributed by atoms with E-state index in [1.807, 2.05) is 16.0 Å². The molecule has 1 fully saturated rings. The second-order valence-corrected chi connectivity index (χ2v) is 7.80. The molecule has 0 aliphatic carbocycles. The minimum Gasteiger partial charge on any atom is -0.351 e. The monoisotopic (exact) mass is 412 g/mol. The molecule has 1 aromatic carbocycles. The van der Waals surface area contributed by atoms with Crippen LogP contribution >= 0.6 is 11.3 Å². The fourth-order valence-electron chi connectivity index (χ4n) is 3.58. The molecule has 0 saturated carbocycles. The van der Waals surface area contributed by atoms with E-state index in [2.05, 4.69) is 20.6 Å². The van der Waals surface area contributed by atoms with Crippen LogP contribution in [0.15, 0.2) is 42.0 Å². The second kappa shape index (κ2) is 7.49. The lowest BCUT2D eigenvalue weighted by atomic mass is 10.1. The highest BCUT2D eigenvalue weighted by Crippen LogP contribution is 2.34. The van der Waals surface area contributed by atoms with Crippen molar-refractivity contribution in [2.45, 2.75) is 18.9 Å². The molecule has 0 radical (unpaired) electrons. The van der Waals surface area contributed by atoms with Gasteiger partial charge in [0, 0.05) is 29.4 Å². The summed E-state index contributed by atoms with van der Waals surface area (Å²) in [5, 5.41) is 8.67. The quantitative estimate of drug-likeness (QED) is 0.531. The van der Waals surface area contributed by atoms with Crippen LogP contribution in [0.1, 0.15) is 12.8 Å². The largest absolute Gasteiger partial charge is 0.351 e. The molecule has 5 rings (SSSR count). The molecule has 9 heteroatoms. The fraction of sp³-hybridized carbons (Fsp3) is 0.250. The number of piperidine rings is 1. The highest BCUT2D eigenvalue weighted by molar-refractivity contribution is 7.15. The number of halogens is 2. The first-order valence-corrected chi connectivity index (χ1v) is 10.3. The van der Waals surface area contributed by atoms with Crippen LogP contribution in [0.4, 0.5) is 14.7 Å². The molecule has 4 heterocycles. The van der Waals surface area contributed by atoms with Gasteiger partial charge in [0.2, 0.25) is 5.95 Å². The number of aromatic nitrogens is 4. The molecule has 0 spiro atoms. The van der Waals surface area contributed by atoms with Crippen LogP contribution in [0.3, 0.4) is 0 Å². The molecule has 4 aromatic rings. The number of anilines is 1. The fourth-order valence-corrected chi connectivity index (χ4v) is 4.30. The summed E-state index contributed by atoms with van der Waals surface area (Å²) in [6.45, 7) is 1.94. The predicted octanol–water partition coefficient (Wildman–Crippen LogP) is 3.96. The van der Waals surface area contributed by atoms with Gasteiger partial charge < -0.3 is 10.6 Å². The average molecular weight is 412 g/mol. The SMILES string of the molecule is Fc1ccc(-c2nc3sccn3c2-c2ccnc(NC3CCNCC3)n2)cc1F. The zero-order valence-electron chi connectivity index (χ0n) is 15.4. The van der Waals surface area contributed by atoms with Crippen LogP contribution in [-0.4, -0.2) is 38.5 Å². The average Bonchev–Trinajstić information content (AvgIpc) is 3.32. The Morgan fingerprint density at radius 3 is 2.79 bits per heavy atom. The summed E-state index contributed by atoms with van der Waals surface area (Å²) >= 11 is 1.47. The van der Waals surface area contributed by atoms with E-state index in [1.54, 1.807) is 12.3 Å². The van der Waals surface area contributed by atoms with Gasteiger partial charge >= 0.3 is 0 Å². The summed E-state index contributed by atoms with van der Waals surface area (Å²) in [6.07, 6.45) is 5.62. The van der Waals surface area contributed by atoms with Crippen molar-refractivity contribution >= 4 is 22.2 Å². The number of thiazole rings is 1. The first-order chi connectivity index (χ1) is 14.2. The Bertz CT molecular complexity index is 1160. The molecule has 1 aliphatic heterocycles. The second-order valence-electron chi connectivity index (χ2n) is 6.93. The van der Waals surface area contributed by atoms with E-state index >= 15 is 0 Å². The Balaban J connectivity index is 1.58. The predicted molar refractivity (Wildman–Crippen MR) is 109 cm³/mol. The van der Waals surface area contributed by atoms with Gasteiger partial charge in [0.1, 0.15) is 5.69 Å². The Morgan fingerprint density at radius 1 is 1.10 bits per heavy atom. The summed E-state index contributed by atoms with van der Waals surface area (Å²) in [7, 11) is 0. The maximum Gasteiger partial charge on any atom is 0.223 e. The molecule has 3 aromatic heterocycles. The highest BCUT2D eigenvalue weighted by Gasteiger charge is 2.20. The summed E-state index contributed by atoms with van der Waals surface area (Å²) in [5.41, 5.74) is 2.45. The molecule has 148 valence electrons. The van der Waals surface area contributed by atoms with Crippen LogP contribution < -0.4 is 10.6 Å². The molecule has 0 atom stereocenters. The van der Waals surface area contributed by atoms with E-state index in [1.165, 1.54) is 23.5 Å². The van der Waals surface area contributed by atoms with Crippen molar-refractivity contribution in [3.63, 3.8) is 0 Å². The summed E-state index contributed by atoms with van der Waals surface area (Å²) < 4.78 is 29.2. The summed E-state index contributed by atoms with van der Waals surface area (Å²) in [5.74, 6) is -1.23. The molecule has 0 bridgehead atoms. The lowest BCUT2D eigenvalue weighted by molar-refractivity contribution is 0.477. The first-order valence-electron chi connectivity index (χ1n) is 9.41. The summed E-state index contributed by atoms with van der Waals surface area (Å²) in [4.78, 5) is 14.5. The van der Waals surface area contributed by atoms with Gasteiger partial charge in [-0.2, -0.15) is 0 Å². The number of nitrogens with one attached hydrogen (secondary N) is 2. The molecule has 0 amide bonds. The third-order valence-corrected chi connectivity index (χ3v) is 5.78. The summed E-state index contributed by atoms with van der Waals surface area (Å²) in [6, 6.07) is 5.94. The molecule has 2 N–H and O–H groups in total. The number of rotatable bonds is 4. The molecular weight excluding hydrogens is 394 g/mol. The zero-order chi connectivity index (χ0) is 19.8. The number of hydrogen-bond donors (Lipinski definition) is 2. The maximum absolute atomic E-state index is 13.9. The molecule has 0 unspecified atom stereocenters. The number of nitrogens with zero attached hydrogens (tertiary/aromatic N) is 4. The Morgan fingerprint density at radius 2 is 1.97 bits per heavy atom. The van der Waals surface area contributed by atoms with Crippen molar-refractivity contribution in [3.8, 4) is 22.6 Å². The van der Waals surface area contributed by atoms with Gasteiger partial charge in [0.05, 0.1) is 11.4 Å². The lowest BCUT2D eigenvalue weighted by Crippen LogP contribution is -2.35. The van der Waals surface area contributed by atoms with E-state index in [9.17, 15) is 8.78 Å². The van der Waals surface area contributed by atoms with Crippen LogP contribution in [0, 0.1) is 11.6 Å². The van der Waals surface area contributed by atoms with Crippen LogP contribution in [0.5, 0.6) is 0 Å². The third-order valence-electron chi connectivity index (χ3n) is 5.03. The Kier molecular flexibility index (Phi) is 4.69. The highest BCUT2D eigenvalue weighted by atomic mass is 32.1. The van der Waals surface area contributed by atoms with Gasteiger partial charge in [0.15, 0.2) is 16.6 Å². The minimum absolute atomic E-state index is 0.323. The van der Waals surface area contributed by atoms with Gasteiger partial charge in [-0.15, -0.1) is 11.3 Å². The van der Waals surface area contributed by atoms with Crippen molar-refractivity contribution in [3.05, 3.63) is 53.7 Å². The molecule has 6 nitrogen and oxygen atoms in total. The van der Waals surface area contributed by atoms with Gasteiger partial charge in [-0.05, 0) is 50.2 Å². The van der Waals surface area contributed by atoms with E-state index in [-0.39, 0.29) is 0 Å². The third kappa shape index (κ3) is 3.47. The minimum atomic E-state index is -0.902. The topological polar surface area (TPSA) is 67.1 Å². The smallest absolute Gasteiger partial charge is 0.223 e. The maximum atomic E-state index is 13.9. The van der Waals surface area contributed by atoms with Crippen molar-refractivity contribution in [1.82, 2.24) is 24.7 Å². The van der Waals surface area contributed by atoms with E-state index in [0.29, 0.717) is 28.9 Å². The van der Waals surface area contributed by atoms with Crippen LogP contribution in [0.25, 0.3) is 27.6 Å². The van der Waals surface area contributed by atoms with Gasteiger partial charge in [-0.25, -0.2) is 23.7 Å². The van der Waals surface area contributed by atoms with E-state index < -0.39 is 11.6 Å². The van der Waals surface area contributed by atoms with Gasteiger partial charge in [0.25, 0.3) is 0 Å². The number of imidazole rings is 1.